The van der Waals surface area contributed by atoms with Gasteiger partial charge in [-0.2, -0.15) is 0 Å². The van der Waals surface area contributed by atoms with Crippen LogP contribution in [0, 0.1) is 11.3 Å². The molecule has 4 rings (SSSR count). The Hall–Kier alpha value is -0.650. The molecule has 2 bridgehead atoms. The van der Waals surface area contributed by atoms with Gasteiger partial charge in [0, 0.05) is 38.3 Å². The summed E-state index contributed by atoms with van der Waals surface area (Å²) in [6.45, 7) is 10.4. The van der Waals surface area contributed by atoms with E-state index in [-0.39, 0.29) is 5.41 Å². The number of amides is 1. The van der Waals surface area contributed by atoms with E-state index in [0.717, 1.165) is 52.1 Å². The maximum Gasteiger partial charge on any atom is 0.227 e. The van der Waals surface area contributed by atoms with Gasteiger partial charge in [-0.15, -0.1) is 0 Å². The fraction of sp³-hybridized carbons (Fsp3) is 0.941. The second-order valence-corrected chi connectivity index (χ2v) is 8.18. The second-order valence-electron chi connectivity index (χ2n) is 8.18. The first-order chi connectivity index (χ1) is 10.5. The molecule has 0 spiro atoms. The summed E-state index contributed by atoms with van der Waals surface area (Å²) < 4.78 is 0. The predicted molar refractivity (Wildman–Crippen MR) is 88.8 cm³/mol. The smallest absolute Gasteiger partial charge is 0.227 e. The van der Waals surface area contributed by atoms with Gasteiger partial charge in [0.2, 0.25) is 5.91 Å². The summed E-state index contributed by atoms with van der Waals surface area (Å²) in [6.07, 6.45) is 3.31. The van der Waals surface area contributed by atoms with E-state index in [4.69, 9.17) is 0 Å². The number of carbonyl (C=O) groups is 1. The van der Waals surface area contributed by atoms with E-state index >= 15 is 0 Å². The average molecular weight is 308 g/mol. The van der Waals surface area contributed by atoms with Gasteiger partial charge in [-0.25, -0.2) is 0 Å². The van der Waals surface area contributed by atoms with E-state index in [1.807, 2.05) is 0 Å². The van der Waals surface area contributed by atoms with Gasteiger partial charge < -0.3 is 15.5 Å². The van der Waals surface area contributed by atoms with E-state index in [1.54, 1.807) is 0 Å². The molecule has 0 aromatic carbocycles. The van der Waals surface area contributed by atoms with E-state index < -0.39 is 0 Å². The van der Waals surface area contributed by atoms with Crippen LogP contribution in [-0.4, -0.2) is 74.1 Å². The maximum atomic E-state index is 12.9. The number of nitrogens with zero attached hydrogens (tertiary/aromatic N) is 2. The molecule has 22 heavy (non-hydrogen) atoms. The Kier molecular flexibility index (Phi) is 4.76. The molecule has 4 fully saturated rings. The van der Waals surface area contributed by atoms with Crippen molar-refractivity contribution in [2.45, 2.75) is 45.2 Å². The molecule has 0 aromatic heterocycles. The minimum Gasteiger partial charge on any atom is -0.355 e. The fourth-order valence-electron chi connectivity index (χ4n) is 4.15. The molecule has 0 saturated carbocycles. The van der Waals surface area contributed by atoms with Crippen LogP contribution in [0.4, 0.5) is 0 Å². The number of piperidine rings is 2. The lowest BCUT2D eigenvalue weighted by Gasteiger charge is -2.51. The third-order valence-electron chi connectivity index (χ3n) is 5.62. The topological polar surface area (TPSA) is 47.6 Å². The molecule has 4 saturated heterocycles. The van der Waals surface area contributed by atoms with Gasteiger partial charge in [-0.05, 0) is 45.3 Å². The number of rotatable bonds is 5. The van der Waals surface area contributed by atoms with E-state index in [2.05, 4.69) is 41.3 Å². The van der Waals surface area contributed by atoms with Crippen molar-refractivity contribution < 1.29 is 4.79 Å². The first kappa shape index (κ1) is 16.2. The van der Waals surface area contributed by atoms with E-state index in [1.165, 1.54) is 6.42 Å². The van der Waals surface area contributed by atoms with Crippen LogP contribution in [0.1, 0.15) is 33.1 Å². The summed E-state index contributed by atoms with van der Waals surface area (Å²) in [4.78, 5) is 17.8. The Morgan fingerprint density at radius 1 is 1.27 bits per heavy atom. The molecule has 0 aliphatic carbocycles. The molecule has 1 amide bonds. The van der Waals surface area contributed by atoms with Gasteiger partial charge in [0.05, 0.1) is 5.41 Å². The minimum absolute atomic E-state index is 0.175. The SMILES string of the molecule is CC(C)CNC(=O)C1(CN2CC3CC(C2)N3)CCN(C)CC1. The minimum atomic E-state index is -0.175. The normalized spacial score (nSPS) is 31.8. The predicted octanol–water partition coefficient (Wildman–Crippen LogP) is 0.517. The molecule has 4 aliphatic rings. The summed E-state index contributed by atoms with van der Waals surface area (Å²) in [6, 6.07) is 1.33. The number of hydrogen-bond acceptors (Lipinski definition) is 4. The molecule has 0 aromatic rings. The lowest BCUT2D eigenvalue weighted by molar-refractivity contribution is -0.136. The number of nitrogens with one attached hydrogen (secondary N) is 2. The molecule has 0 radical (unpaired) electrons. The lowest BCUT2D eigenvalue weighted by Crippen LogP contribution is -2.68. The maximum absolute atomic E-state index is 12.9. The van der Waals surface area contributed by atoms with Gasteiger partial charge in [-0.1, -0.05) is 13.8 Å². The summed E-state index contributed by atoms with van der Waals surface area (Å²) in [5.74, 6) is 0.806. The third kappa shape index (κ3) is 3.47. The van der Waals surface area contributed by atoms with Crippen LogP contribution in [0.5, 0.6) is 0 Å². The Morgan fingerprint density at radius 3 is 2.41 bits per heavy atom. The molecule has 5 heteroatoms. The molecular weight excluding hydrogens is 276 g/mol. The quantitative estimate of drug-likeness (QED) is 0.777. The van der Waals surface area contributed by atoms with Crippen molar-refractivity contribution in [3.8, 4) is 0 Å². The van der Waals surface area contributed by atoms with E-state index in [9.17, 15) is 4.79 Å². The van der Waals surface area contributed by atoms with Gasteiger partial charge in [0.25, 0.3) is 0 Å². The molecule has 2 atom stereocenters. The van der Waals surface area contributed by atoms with Crippen molar-refractivity contribution in [3.63, 3.8) is 0 Å². The van der Waals surface area contributed by atoms with Gasteiger partial charge in [0.1, 0.15) is 0 Å². The molecule has 4 aliphatic heterocycles. The fourth-order valence-corrected chi connectivity index (χ4v) is 4.15. The van der Waals surface area contributed by atoms with Crippen LogP contribution in [0.25, 0.3) is 0 Å². The number of likely N-dealkylation sites (tertiary alicyclic amines) is 1. The van der Waals surface area contributed by atoms with Crippen molar-refractivity contribution in [1.29, 1.82) is 0 Å². The monoisotopic (exact) mass is 308 g/mol. The van der Waals surface area contributed by atoms with Crippen molar-refractivity contribution in [1.82, 2.24) is 20.4 Å². The lowest BCUT2D eigenvalue weighted by atomic mass is 9.76. The average Bonchev–Trinajstić information content (AvgIpc) is 2.46. The van der Waals surface area contributed by atoms with Gasteiger partial charge in [-0.3, -0.25) is 9.69 Å². The van der Waals surface area contributed by atoms with Gasteiger partial charge >= 0.3 is 0 Å². The summed E-state index contributed by atoms with van der Waals surface area (Å²) >= 11 is 0. The highest BCUT2D eigenvalue weighted by Crippen LogP contribution is 2.34. The van der Waals surface area contributed by atoms with Crippen LogP contribution < -0.4 is 10.6 Å². The van der Waals surface area contributed by atoms with E-state index in [0.29, 0.717) is 23.9 Å². The number of carbonyl (C=O) groups excluding carboxylic acids is 1. The summed E-state index contributed by atoms with van der Waals surface area (Å²) in [5.41, 5.74) is -0.175. The van der Waals surface area contributed by atoms with Crippen molar-refractivity contribution in [3.05, 3.63) is 0 Å². The largest absolute Gasteiger partial charge is 0.355 e. The van der Waals surface area contributed by atoms with Crippen LogP contribution >= 0.6 is 0 Å². The van der Waals surface area contributed by atoms with Crippen LogP contribution in [0.2, 0.25) is 0 Å². The molecule has 2 N–H and O–H groups in total. The van der Waals surface area contributed by atoms with Crippen molar-refractivity contribution >= 4 is 5.91 Å². The molecule has 126 valence electrons. The number of fused-ring (bicyclic) bond motifs is 2. The number of piperazine rings is 1. The molecule has 4 heterocycles. The standard InChI is InChI=1S/C17H32N4O/c1-13(2)9-18-16(22)17(4-6-20(3)7-5-17)12-21-10-14-8-15(11-21)19-14/h13-15,19H,4-12H2,1-3H3,(H,18,22). The third-order valence-corrected chi connectivity index (χ3v) is 5.62. The highest BCUT2D eigenvalue weighted by Gasteiger charge is 2.45. The Morgan fingerprint density at radius 2 is 1.86 bits per heavy atom. The zero-order chi connectivity index (χ0) is 15.7. The van der Waals surface area contributed by atoms with Crippen LogP contribution in [0.15, 0.2) is 0 Å². The Labute approximate surface area is 134 Å². The first-order valence-corrected chi connectivity index (χ1v) is 8.92. The molecule has 2 unspecified atom stereocenters. The summed E-state index contributed by atoms with van der Waals surface area (Å²) in [5, 5.41) is 6.80. The van der Waals surface area contributed by atoms with Gasteiger partial charge in [0.15, 0.2) is 0 Å². The molecular formula is C17H32N4O. The Balaban J connectivity index is 1.64. The zero-order valence-electron chi connectivity index (χ0n) is 14.4. The summed E-state index contributed by atoms with van der Waals surface area (Å²) in [7, 11) is 2.16. The second kappa shape index (κ2) is 6.46. The number of hydrogen-bond donors (Lipinski definition) is 2. The highest BCUT2D eigenvalue weighted by atomic mass is 16.2. The van der Waals surface area contributed by atoms with Crippen molar-refractivity contribution in [2.24, 2.45) is 11.3 Å². The van der Waals surface area contributed by atoms with Crippen LogP contribution in [-0.2, 0) is 4.79 Å². The van der Waals surface area contributed by atoms with Crippen LogP contribution in [0.3, 0.4) is 0 Å². The zero-order valence-corrected chi connectivity index (χ0v) is 14.4. The molecule has 5 nitrogen and oxygen atoms in total. The highest BCUT2D eigenvalue weighted by molar-refractivity contribution is 5.83. The van der Waals surface area contributed by atoms with Crippen molar-refractivity contribution in [2.75, 3.05) is 46.3 Å². The Bertz CT molecular complexity index is 387. The first-order valence-electron chi connectivity index (χ1n) is 8.92.